The van der Waals surface area contributed by atoms with Gasteiger partial charge in [0.1, 0.15) is 0 Å². The van der Waals surface area contributed by atoms with E-state index in [0.717, 1.165) is 29.6 Å². The van der Waals surface area contributed by atoms with Crippen LogP contribution in [-0.4, -0.2) is 0 Å². The van der Waals surface area contributed by atoms with Gasteiger partial charge in [-0.05, 0) is 36.0 Å². The number of allylic oxidation sites excluding steroid dienone is 2. The lowest BCUT2D eigenvalue weighted by molar-refractivity contribution is 0.386. The first-order valence-electron chi connectivity index (χ1n) is 12.8. The van der Waals surface area contributed by atoms with Crippen LogP contribution in [0.5, 0.6) is 0 Å². The van der Waals surface area contributed by atoms with E-state index in [1.807, 2.05) is 0 Å². The molecule has 0 nitrogen and oxygen atoms in total. The smallest absolute Gasteiger partial charge is 0.0179 e. The van der Waals surface area contributed by atoms with Gasteiger partial charge in [0.15, 0.2) is 0 Å². The van der Waals surface area contributed by atoms with Gasteiger partial charge in [-0.1, -0.05) is 137 Å². The molecule has 0 amide bonds. The molecular formula is C27H52. The lowest BCUT2D eigenvalue weighted by Crippen LogP contribution is -2.10. The molecule has 0 saturated heterocycles. The first kappa shape index (κ1) is 24.8. The Bertz CT molecular complexity index is 353. The summed E-state index contributed by atoms with van der Waals surface area (Å²) >= 11 is 0. The molecule has 0 aromatic heterocycles. The highest BCUT2D eigenvalue weighted by atomic mass is 14.5. The van der Waals surface area contributed by atoms with Crippen molar-refractivity contribution in [1.82, 2.24) is 0 Å². The summed E-state index contributed by atoms with van der Waals surface area (Å²) in [6.07, 6.45) is 26.9. The third kappa shape index (κ3) is 12.0. The summed E-state index contributed by atoms with van der Waals surface area (Å²) in [7, 11) is 0. The van der Waals surface area contributed by atoms with Gasteiger partial charge in [-0.3, -0.25) is 0 Å². The molecule has 1 rings (SSSR count). The summed E-state index contributed by atoms with van der Waals surface area (Å²) in [6.45, 7) is 11.8. The zero-order valence-corrected chi connectivity index (χ0v) is 19.6. The van der Waals surface area contributed by atoms with Crippen LogP contribution in [0.15, 0.2) is 12.2 Å². The number of unbranched alkanes of at least 4 members (excludes halogenated alkanes) is 11. The normalized spacial score (nSPS) is 21.9. The van der Waals surface area contributed by atoms with Crippen LogP contribution in [0.3, 0.4) is 0 Å². The lowest BCUT2D eigenvalue weighted by Gasteiger charge is -2.18. The summed E-state index contributed by atoms with van der Waals surface area (Å²) < 4.78 is 0. The first-order chi connectivity index (χ1) is 13.1. The minimum atomic E-state index is 0.750. The van der Waals surface area contributed by atoms with Crippen LogP contribution in [0.4, 0.5) is 0 Å². The second kappa shape index (κ2) is 15.6. The van der Waals surface area contributed by atoms with E-state index in [2.05, 4.69) is 46.8 Å². The van der Waals surface area contributed by atoms with Gasteiger partial charge < -0.3 is 0 Å². The second-order valence-corrected chi connectivity index (χ2v) is 9.93. The summed E-state index contributed by atoms with van der Waals surface area (Å²) in [5.74, 6) is 4.43. The number of rotatable bonds is 18. The van der Waals surface area contributed by atoms with E-state index in [9.17, 15) is 0 Å². The maximum atomic E-state index is 2.58. The summed E-state index contributed by atoms with van der Waals surface area (Å²) in [5, 5.41) is 0. The van der Waals surface area contributed by atoms with E-state index in [-0.39, 0.29) is 0 Å². The molecule has 0 N–H and O–H groups in total. The van der Waals surface area contributed by atoms with Gasteiger partial charge in [-0.2, -0.15) is 0 Å². The van der Waals surface area contributed by atoms with E-state index in [0.29, 0.717) is 0 Å². The first-order valence-corrected chi connectivity index (χ1v) is 12.8. The topological polar surface area (TPSA) is 0 Å². The molecule has 27 heavy (non-hydrogen) atoms. The van der Waals surface area contributed by atoms with Gasteiger partial charge in [0.2, 0.25) is 0 Å². The molecule has 0 heteroatoms. The van der Waals surface area contributed by atoms with Crippen molar-refractivity contribution in [2.45, 2.75) is 131 Å². The van der Waals surface area contributed by atoms with Gasteiger partial charge >= 0.3 is 0 Å². The minimum Gasteiger partial charge on any atom is -0.0854 e. The van der Waals surface area contributed by atoms with Crippen molar-refractivity contribution in [3.8, 4) is 0 Å². The standard InChI is InChI=1S/C27H52/c1-6-8-9-10-11-12-13-14-15-16-17-18-19-25-22-27(25)26(23(3)4)21-20-24(5)7-2/h20-21,23-27H,6-19,22H2,1-5H3. The predicted molar refractivity (Wildman–Crippen MR) is 124 cm³/mol. The molecule has 0 aromatic carbocycles. The van der Waals surface area contributed by atoms with Crippen molar-refractivity contribution in [2.75, 3.05) is 0 Å². The molecule has 1 aliphatic carbocycles. The van der Waals surface area contributed by atoms with Crippen LogP contribution in [0, 0.1) is 29.6 Å². The highest BCUT2D eigenvalue weighted by molar-refractivity contribution is 5.02. The molecule has 0 aliphatic heterocycles. The van der Waals surface area contributed by atoms with Gasteiger partial charge in [0, 0.05) is 0 Å². The van der Waals surface area contributed by atoms with E-state index >= 15 is 0 Å². The zero-order chi connectivity index (χ0) is 19.9. The third-order valence-electron chi connectivity index (χ3n) is 6.98. The van der Waals surface area contributed by atoms with Crippen LogP contribution in [0.25, 0.3) is 0 Å². The molecule has 1 fully saturated rings. The van der Waals surface area contributed by atoms with Crippen molar-refractivity contribution < 1.29 is 0 Å². The van der Waals surface area contributed by atoms with Crippen LogP contribution in [-0.2, 0) is 0 Å². The molecule has 4 unspecified atom stereocenters. The molecule has 0 spiro atoms. The second-order valence-electron chi connectivity index (χ2n) is 9.93. The molecule has 4 atom stereocenters. The molecule has 160 valence electrons. The zero-order valence-electron chi connectivity index (χ0n) is 19.6. The Morgan fingerprint density at radius 1 is 0.704 bits per heavy atom. The Labute approximate surface area is 173 Å². The molecule has 0 heterocycles. The molecule has 1 aliphatic rings. The summed E-state index contributed by atoms with van der Waals surface area (Å²) in [4.78, 5) is 0. The Morgan fingerprint density at radius 2 is 1.22 bits per heavy atom. The van der Waals surface area contributed by atoms with E-state index < -0.39 is 0 Å². The lowest BCUT2D eigenvalue weighted by atomic mass is 9.87. The van der Waals surface area contributed by atoms with Gasteiger partial charge in [0.05, 0.1) is 0 Å². The fourth-order valence-electron chi connectivity index (χ4n) is 4.64. The molecule has 0 bridgehead atoms. The largest absolute Gasteiger partial charge is 0.0854 e. The monoisotopic (exact) mass is 376 g/mol. The SMILES string of the molecule is CCCCCCCCCCCCCCC1CC1C(C=CC(C)CC)C(C)C. The minimum absolute atomic E-state index is 0.750. The van der Waals surface area contributed by atoms with Gasteiger partial charge in [-0.25, -0.2) is 0 Å². The molecule has 1 saturated carbocycles. The molecule has 0 radical (unpaired) electrons. The Kier molecular flexibility index (Phi) is 14.4. The average molecular weight is 377 g/mol. The maximum Gasteiger partial charge on any atom is -0.0179 e. The van der Waals surface area contributed by atoms with E-state index in [1.54, 1.807) is 0 Å². The number of hydrogen-bond donors (Lipinski definition) is 0. The van der Waals surface area contributed by atoms with Gasteiger partial charge in [0.25, 0.3) is 0 Å². The summed E-state index contributed by atoms with van der Waals surface area (Å²) in [6, 6.07) is 0. The van der Waals surface area contributed by atoms with Crippen LogP contribution in [0.1, 0.15) is 131 Å². The van der Waals surface area contributed by atoms with Crippen molar-refractivity contribution in [1.29, 1.82) is 0 Å². The number of hydrogen-bond acceptors (Lipinski definition) is 0. The maximum absolute atomic E-state index is 2.58. The van der Waals surface area contributed by atoms with Crippen molar-refractivity contribution >= 4 is 0 Å². The van der Waals surface area contributed by atoms with Crippen LogP contribution in [0.2, 0.25) is 0 Å². The van der Waals surface area contributed by atoms with Crippen molar-refractivity contribution in [2.24, 2.45) is 29.6 Å². The van der Waals surface area contributed by atoms with E-state index in [4.69, 9.17) is 0 Å². The Morgan fingerprint density at radius 3 is 1.70 bits per heavy atom. The predicted octanol–water partition coefficient (Wildman–Crippen LogP) is 9.59. The quantitative estimate of drug-likeness (QED) is 0.165. The fourth-order valence-corrected chi connectivity index (χ4v) is 4.64. The molecule has 0 aromatic rings. The highest BCUT2D eigenvalue weighted by Gasteiger charge is 2.41. The highest BCUT2D eigenvalue weighted by Crippen LogP contribution is 2.50. The fraction of sp³-hybridized carbons (Fsp3) is 0.926. The Balaban J connectivity index is 1.98. The van der Waals surface area contributed by atoms with Crippen molar-refractivity contribution in [3.63, 3.8) is 0 Å². The van der Waals surface area contributed by atoms with E-state index in [1.165, 1.54) is 96.3 Å². The molecular weight excluding hydrogens is 324 g/mol. The van der Waals surface area contributed by atoms with Crippen molar-refractivity contribution in [3.05, 3.63) is 12.2 Å². The third-order valence-corrected chi connectivity index (χ3v) is 6.98. The van der Waals surface area contributed by atoms with Crippen LogP contribution < -0.4 is 0 Å². The average Bonchev–Trinajstić information content (AvgIpc) is 3.41. The van der Waals surface area contributed by atoms with Gasteiger partial charge in [-0.15, -0.1) is 0 Å². The Hall–Kier alpha value is -0.260. The van der Waals surface area contributed by atoms with Crippen LogP contribution >= 0.6 is 0 Å². The summed E-state index contributed by atoms with van der Waals surface area (Å²) in [5.41, 5.74) is 0.